The van der Waals surface area contributed by atoms with E-state index < -0.39 is 11.8 Å². The van der Waals surface area contributed by atoms with Crippen LogP contribution >= 0.6 is 0 Å². The predicted molar refractivity (Wildman–Crippen MR) is 55.6 cm³/mol. The molecular weight excluding hydrogens is 209 g/mol. The molecule has 4 heteroatoms. The van der Waals surface area contributed by atoms with Crippen molar-refractivity contribution in [2.75, 3.05) is 0 Å². The molecule has 0 spiro atoms. The van der Waals surface area contributed by atoms with Gasteiger partial charge in [0.25, 0.3) is 0 Å². The van der Waals surface area contributed by atoms with E-state index in [4.69, 9.17) is 4.74 Å². The van der Waals surface area contributed by atoms with Crippen LogP contribution in [0.2, 0.25) is 0 Å². The van der Waals surface area contributed by atoms with Crippen molar-refractivity contribution >= 4 is 5.97 Å². The molecule has 0 amide bonds. The van der Waals surface area contributed by atoms with Gasteiger partial charge < -0.3 is 4.74 Å². The molecule has 0 aliphatic rings. The van der Waals surface area contributed by atoms with E-state index in [0.29, 0.717) is 5.75 Å². The Kier molecular flexibility index (Phi) is 2.91. The van der Waals surface area contributed by atoms with Crippen LogP contribution in [-0.4, -0.2) is 11.0 Å². The van der Waals surface area contributed by atoms with Crippen molar-refractivity contribution in [3.63, 3.8) is 0 Å². The monoisotopic (exact) mass is 217 g/mol. The highest BCUT2D eigenvalue weighted by Crippen LogP contribution is 2.11. The summed E-state index contributed by atoms with van der Waals surface area (Å²) in [5.74, 6) is -0.780. The van der Waals surface area contributed by atoms with Crippen molar-refractivity contribution in [2.24, 2.45) is 0 Å². The van der Waals surface area contributed by atoms with Gasteiger partial charge in [0.1, 0.15) is 11.6 Å². The summed E-state index contributed by atoms with van der Waals surface area (Å²) in [4.78, 5) is 15.1. The van der Waals surface area contributed by atoms with Crippen LogP contribution in [0.4, 0.5) is 4.39 Å². The fraction of sp³-hybridized carbons (Fsp3) is 0. The van der Waals surface area contributed by atoms with Gasteiger partial charge in [-0.3, -0.25) is 4.98 Å². The number of halogens is 1. The van der Waals surface area contributed by atoms with E-state index in [0.717, 1.165) is 12.3 Å². The average molecular weight is 217 g/mol. The van der Waals surface area contributed by atoms with Crippen LogP contribution in [0.15, 0.2) is 48.8 Å². The summed E-state index contributed by atoms with van der Waals surface area (Å²) in [6.45, 7) is 0. The molecule has 0 aliphatic heterocycles. The zero-order valence-electron chi connectivity index (χ0n) is 8.26. The Labute approximate surface area is 91.5 Å². The summed E-state index contributed by atoms with van der Waals surface area (Å²) in [6.07, 6.45) is 2.29. The van der Waals surface area contributed by atoms with Gasteiger partial charge in [-0.05, 0) is 18.2 Å². The van der Waals surface area contributed by atoms with Crippen LogP contribution in [-0.2, 0) is 0 Å². The van der Waals surface area contributed by atoms with Crippen molar-refractivity contribution in [3.05, 3.63) is 60.2 Å². The lowest BCUT2D eigenvalue weighted by Gasteiger charge is -2.03. The number of carbonyl (C=O) groups is 1. The minimum absolute atomic E-state index is 0.0869. The van der Waals surface area contributed by atoms with E-state index in [9.17, 15) is 9.18 Å². The summed E-state index contributed by atoms with van der Waals surface area (Å²) in [5, 5.41) is 0. The Morgan fingerprint density at radius 1 is 1.19 bits per heavy atom. The number of pyridine rings is 1. The number of hydrogen-bond acceptors (Lipinski definition) is 3. The van der Waals surface area contributed by atoms with Crippen LogP contribution in [0, 0.1) is 5.82 Å². The van der Waals surface area contributed by atoms with Gasteiger partial charge in [0.2, 0.25) is 0 Å². The molecule has 80 valence electrons. The number of carbonyl (C=O) groups excluding carboxylic acids is 1. The standard InChI is InChI=1S/C12H8FNO2/c13-10-6-9(7-14-8-10)12(15)16-11-4-2-1-3-5-11/h1-8H. The third-order valence-corrected chi connectivity index (χ3v) is 1.89. The maximum atomic E-state index is 12.8. The Bertz CT molecular complexity index is 499. The van der Waals surface area contributed by atoms with Gasteiger partial charge in [-0.25, -0.2) is 9.18 Å². The Morgan fingerprint density at radius 3 is 2.62 bits per heavy atom. The third kappa shape index (κ3) is 2.42. The Balaban J connectivity index is 2.15. The molecule has 16 heavy (non-hydrogen) atoms. The fourth-order valence-electron chi connectivity index (χ4n) is 1.18. The topological polar surface area (TPSA) is 39.2 Å². The van der Waals surface area contributed by atoms with Gasteiger partial charge in [0, 0.05) is 6.20 Å². The smallest absolute Gasteiger partial charge is 0.345 e. The zero-order valence-corrected chi connectivity index (χ0v) is 8.26. The number of hydrogen-bond donors (Lipinski definition) is 0. The normalized spacial score (nSPS) is 9.81. The molecule has 2 aromatic rings. The lowest BCUT2D eigenvalue weighted by molar-refractivity contribution is 0.0734. The molecule has 1 heterocycles. The van der Waals surface area contributed by atoms with Crippen LogP contribution in [0.25, 0.3) is 0 Å². The first-order valence-electron chi connectivity index (χ1n) is 4.63. The lowest BCUT2D eigenvalue weighted by Crippen LogP contribution is -2.09. The Morgan fingerprint density at radius 2 is 1.94 bits per heavy atom. The Hall–Kier alpha value is -2.23. The van der Waals surface area contributed by atoms with Crippen molar-refractivity contribution in [1.29, 1.82) is 0 Å². The van der Waals surface area contributed by atoms with E-state index in [2.05, 4.69) is 4.98 Å². The minimum atomic E-state index is -0.627. The first-order chi connectivity index (χ1) is 7.75. The number of esters is 1. The minimum Gasteiger partial charge on any atom is -0.423 e. The van der Waals surface area contributed by atoms with E-state index in [1.807, 2.05) is 0 Å². The van der Waals surface area contributed by atoms with Crippen molar-refractivity contribution in [3.8, 4) is 5.75 Å². The maximum absolute atomic E-state index is 12.8. The maximum Gasteiger partial charge on any atom is 0.345 e. The van der Waals surface area contributed by atoms with E-state index in [1.54, 1.807) is 30.3 Å². The van der Waals surface area contributed by atoms with E-state index in [-0.39, 0.29) is 5.56 Å². The van der Waals surface area contributed by atoms with Crippen LogP contribution in [0.5, 0.6) is 5.75 Å². The quantitative estimate of drug-likeness (QED) is 0.573. The van der Waals surface area contributed by atoms with Crippen LogP contribution in [0.3, 0.4) is 0 Å². The van der Waals surface area contributed by atoms with Crippen molar-refractivity contribution in [1.82, 2.24) is 4.98 Å². The van der Waals surface area contributed by atoms with Gasteiger partial charge in [-0.2, -0.15) is 0 Å². The lowest BCUT2D eigenvalue weighted by atomic mass is 10.3. The molecule has 0 bridgehead atoms. The molecule has 0 unspecified atom stereocenters. The number of aromatic nitrogens is 1. The van der Waals surface area contributed by atoms with Crippen molar-refractivity contribution < 1.29 is 13.9 Å². The highest BCUT2D eigenvalue weighted by molar-refractivity contribution is 5.90. The van der Waals surface area contributed by atoms with Gasteiger partial charge in [0.15, 0.2) is 0 Å². The summed E-state index contributed by atoms with van der Waals surface area (Å²) < 4.78 is 17.8. The average Bonchev–Trinajstić information content (AvgIpc) is 2.30. The first-order valence-corrected chi connectivity index (χ1v) is 4.63. The summed E-state index contributed by atoms with van der Waals surface area (Å²) in [6, 6.07) is 9.66. The number of benzene rings is 1. The zero-order chi connectivity index (χ0) is 11.4. The molecule has 1 aromatic carbocycles. The molecule has 0 fully saturated rings. The van der Waals surface area contributed by atoms with Gasteiger partial charge in [-0.15, -0.1) is 0 Å². The second-order valence-corrected chi connectivity index (χ2v) is 3.09. The number of para-hydroxylation sites is 1. The fourth-order valence-corrected chi connectivity index (χ4v) is 1.18. The first kappa shape index (κ1) is 10.3. The van der Waals surface area contributed by atoms with Crippen LogP contribution < -0.4 is 4.74 Å². The predicted octanol–water partition coefficient (Wildman–Crippen LogP) is 2.44. The molecule has 0 N–H and O–H groups in total. The summed E-state index contributed by atoms with van der Waals surface area (Å²) >= 11 is 0. The highest BCUT2D eigenvalue weighted by atomic mass is 19.1. The molecule has 0 saturated carbocycles. The number of rotatable bonds is 2. The number of nitrogens with zero attached hydrogens (tertiary/aromatic N) is 1. The molecule has 3 nitrogen and oxygen atoms in total. The largest absolute Gasteiger partial charge is 0.423 e. The third-order valence-electron chi connectivity index (χ3n) is 1.89. The second-order valence-electron chi connectivity index (χ2n) is 3.09. The SMILES string of the molecule is O=C(Oc1ccccc1)c1cncc(F)c1. The molecular formula is C12H8FNO2. The van der Waals surface area contributed by atoms with E-state index in [1.165, 1.54) is 6.20 Å². The molecule has 2 rings (SSSR count). The number of ether oxygens (including phenoxy) is 1. The van der Waals surface area contributed by atoms with Gasteiger partial charge in [0.05, 0.1) is 11.8 Å². The highest BCUT2D eigenvalue weighted by Gasteiger charge is 2.09. The summed E-state index contributed by atoms with van der Waals surface area (Å²) in [7, 11) is 0. The second kappa shape index (κ2) is 4.53. The summed E-state index contributed by atoms with van der Waals surface area (Å²) in [5.41, 5.74) is 0.0869. The molecule has 1 aromatic heterocycles. The van der Waals surface area contributed by atoms with Gasteiger partial charge in [-0.1, -0.05) is 18.2 Å². The van der Waals surface area contributed by atoms with Crippen molar-refractivity contribution in [2.45, 2.75) is 0 Å². The molecule has 0 aliphatic carbocycles. The molecule has 0 saturated heterocycles. The molecule has 0 radical (unpaired) electrons. The van der Waals surface area contributed by atoms with Gasteiger partial charge >= 0.3 is 5.97 Å². The molecule has 0 atom stereocenters. The van der Waals surface area contributed by atoms with Crippen LogP contribution in [0.1, 0.15) is 10.4 Å². The van der Waals surface area contributed by atoms with E-state index >= 15 is 0 Å².